The van der Waals surface area contributed by atoms with Crippen LogP contribution in [0.4, 0.5) is 10.1 Å². The smallest absolute Gasteiger partial charge is 0.350 e. The highest BCUT2D eigenvalue weighted by Gasteiger charge is 2.37. The molecule has 1 aromatic heterocycles. The number of nitrogens with zero attached hydrogens (tertiary/aromatic N) is 3. The van der Waals surface area contributed by atoms with Crippen LogP contribution in [0.3, 0.4) is 0 Å². The van der Waals surface area contributed by atoms with Crippen LogP contribution < -0.4 is 32.5 Å². The van der Waals surface area contributed by atoms with Crippen LogP contribution in [-0.4, -0.2) is 41.7 Å². The van der Waals surface area contributed by atoms with E-state index in [4.69, 9.17) is 16.3 Å². The van der Waals surface area contributed by atoms with E-state index in [9.17, 15) is 14.0 Å². The van der Waals surface area contributed by atoms with Crippen molar-refractivity contribution in [3.63, 3.8) is 0 Å². The average molecular weight is 377 g/mol. The van der Waals surface area contributed by atoms with Crippen LogP contribution in [0.2, 0.25) is 0 Å². The molecule has 0 radical (unpaired) electrons. The van der Waals surface area contributed by atoms with Gasteiger partial charge in [0.05, 0.1) is 18.2 Å². The van der Waals surface area contributed by atoms with Crippen LogP contribution >= 0.6 is 0 Å². The molecule has 0 spiro atoms. The third-order valence-corrected chi connectivity index (χ3v) is 5.64. The summed E-state index contributed by atoms with van der Waals surface area (Å²) in [6.45, 7) is 2.44. The number of nitrogens with two attached hydrogens (primary N) is 2. The molecule has 2 aromatic rings. The lowest BCUT2D eigenvalue weighted by Crippen LogP contribution is -2.44. The largest absolute Gasteiger partial charge is 0.492 e. The van der Waals surface area contributed by atoms with Crippen molar-refractivity contribution in [3.8, 4) is 5.75 Å². The third-order valence-electron chi connectivity index (χ3n) is 5.64. The van der Waals surface area contributed by atoms with Gasteiger partial charge in [-0.3, -0.25) is 9.36 Å². The maximum atomic E-state index is 14.4. The van der Waals surface area contributed by atoms with Crippen LogP contribution in [-0.2, 0) is 0 Å². The molecule has 0 bridgehead atoms. The van der Waals surface area contributed by atoms with E-state index in [2.05, 4.69) is 0 Å². The van der Waals surface area contributed by atoms with Crippen LogP contribution in [0.15, 0.2) is 21.7 Å². The molecule has 3 unspecified atom stereocenters. The van der Waals surface area contributed by atoms with E-state index < -0.39 is 17.4 Å². The van der Waals surface area contributed by atoms with Gasteiger partial charge in [-0.1, -0.05) is 0 Å². The molecule has 1 saturated heterocycles. The van der Waals surface area contributed by atoms with Crippen LogP contribution in [0.25, 0.3) is 10.9 Å². The minimum atomic E-state index is -1.05. The average Bonchev–Trinajstić information content (AvgIpc) is 3.39. The van der Waals surface area contributed by atoms with Crippen molar-refractivity contribution in [2.24, 2.45) is 11.7 Å². The molecule has 9 heteroatoms. The van der Waals surface area contributed by atoms with Crippen molar-refractivity contribution in [2.45, 2.75) is 38.0 Å². The second kappa shape index (κ2) is 6.26. The second-order valence-corrected chi connectivity index (χ2v) is 7.52. The Hall–Kier alpha value is -2.55. The topological polar surface area (TPSA) is 109 Å². The fourth-order valence-electron chi connectivity index (χ4n) is 4.00. The molecule has 1 saturated carbocycles. The zero-order valence-electron chi connectivity index (χ0n) is 15.4. The van der Waals surface area contributed by atoms with Gasteiger partial charge in [0.25, 0.3) is 5.56 Å². The highest BCUT2D eigenvalue weighted by Crippen LogP contribution is 2.42. The summed E-state index contributed by atoms with van der Waals surface area (Å²) in [7, 11) is 1.49. The number of rotatable bonds is 4. The van der Waals surface area contributed by atoms with Gasteiger partial charge in [0, 0.05) is 31.1 Å². The molecule has 1 aliphatic carbocycles. The van der Waals surface area contributed by atoms with Crippen molar-refractivity contribution in [2.75, 3.05) is 30.9 Å². The highest BCUT2D eigenvalue weighted by molar-refractivity contribution is 5.90. The molecule has 146 valence electrons. The summed E-state index contributed by atoms with van der Waals surface area (Å²) in [5, 5.41) is 0.310. The fourth-order valence-corrected chi connectivity index (χ4v) is 4.00. The Morgan fingerprint density at radius 3 is 2.52 bits per heavy atom. The van der Waals surface area contributed by atoms with Crippen molar-refractivity contribution in [1.29, 1.82) is 0 Å². The third kappa shape index (κ3) is 2.68. The number of ether oxygens (including phenoxy) is 1. The summed E-state index contributed by atoms with van der Waals surface area (Å²) in [6.07, 6.45) is 0.626. The number of nitrogen functional groups attached to an aromatic ring is 1. The number of hydrogen-bond acceptors (Lipinski definition) is 6. The van der Waals surface area contributed by atoms with Gasteiger partial charge in [-0.2, -0.15) is 4.68 Å². The number of fused-ring (bicyclic) bond motifs is 1. The number of aromatic nitrogens is 2. The highest BCUT2D eigenvalue weighted by atomic mass is 19.1. The van der Waals surface area contributed by atoms with Gasteiger partial charge >= 0.3 is 5.69 Å². The molecule has 8 nitrogen and oxygen atoms in total. The number of halogens is 1. The molecule has 1 aromatic carbocycles. The lowest BCUT2D eigenvalue weighted by Gasteiger charge is -2.24. The van der Waals surface area contributed by atoms with Gasteiger partial charge in [0.15, 0.2) is 5.75 Å². The van der Waals surface area contributed by atoms with Crippen LogP contribution in [0.5, 0.6) is 5.75 Å². The van der Waals surface area contributed by atoms with Gasteiger partial charge in [-0.15, -0.1) is 0 Å². The molecule has 2 fully saturated rings. The molecule has 27 heavy (non-hydrogen) atoms. The van der Waals surface area contributed by atoms with E-state index in [1.807, 2.05) is 4.90 Å². The second-order valence-electron chi connectivity index (χ2n) is 7.52. The standard InChI is InChI=1S/C18H24FN5O3/c1-9(20)12-7-22(8-13(12)19)14-6-5-11-15(16(14)27-2)23(10-3-4-10)18(26)24(21)17(11)25/h5-6,9-10,12-13H,3-4,7-8,20-21H2,1-2H3. The molecular weight excluding hydrogens is 353 g/mol. The SMILES string of the molecule is COc1c(N2CC(F)C(C(C)N)C2)ccc2c(=O)n(N)c(=O)n(C3CC3)c12. The lowest BCUT2D eigenvalue weighted by molar-refractivity contribution is 0.259. The summed E-state index contributed by atoms with van der Waals surface area (Å²) >= 11 is 0. The Bertz CT molecular complexity index is 1010. The Kier molecular flexibility index (Phi) is 4.14. The van der Waals surface area contributed by atoms with E-state index in [1.54, 1.807) is 19.1 Å². The van der Waals surface area contributed by atoms with Crippen molar-refractivity contribution in [3.05, 3.63) is 33.0 Å². The van der Waals surface area contributed by atoms with Gasteiger partial charge in [-0.25, -0.2) is 9.18 Å². The Balaban J connectivity index is 1.94. The van der Waals surface area contributed by atoms with Crippen molar-refractivity contribution >= 4 is 16.6 Å². The zero-order valence-corrected chi connectivity index (χ0v) is 15.4. The summed E-state index contributed by atoms with van der Waals surface area (Å²) in [5.41, 5.74) is 5.85. The van der Waals surface area contributed by atoms with Crippen LogP contribution in [0.1, 0.15) is 25.8 Å². The first-order valence-electron chi connectivity index (χ1n) is 9.13. The number of alkyl halides is 1. The minimum Gasteiger partial charge on any atom is -0.492 e. The summed E-state index contributed by atoms with van der Waals surface area (Å²) in [6, 6.07) is 3.07. The van der Waals surface area contributed by atoms with Crippen LogP contribution in [0, 0.1) is 5.92 Å². The van der Waals surface area contributed by atoms with E-state index in [0.717, 1.165) is 12.8 Å². The van der Waals surface area contributed by atoms with E-state index in [-0.39, 0.29) is 24.5 Å². The molecule has 2 heterocycles. The quantitative estimate of drug-likeness (QED) is 0.744. The fraction of sp³-hybridized carbons (Fsp3) is 0.556. The monoisotopic (exact) mass is 377 g/mol. The predicted octanol–water partition coefficient (Wildman–Crippen LogP) is 0.342. The first kappa shape index (κ1) is 17.8. The van der Waals surface area contributed by atoms with E-state index in [0.29, 0.717) is 33.6 Å². The zero-order chi connectivity index (χ0) is 19.5. The van der Waals surface area contributed by atoms with Crippen molar-refractivity contribution < 1.29 is 9.13 Å². The Morgan fingerprint density at radius 1 is 1.26 bits per heavy atom. The molecular formula is C18H24FN5O3. The first-order chi connectivity index (χ1) is 12.8. The Morgan fingerprint density at radius 2 is 1.96 bits per heavy atom. The predicted molar refractivity (Wildman–Crippen MR) is 102 cm³/mol. The van der Waals surface area contributed by atoms with Gasteiger partial charge in [-0.05, 0) is 31.9 Å². The molecule has 1 aliphatic heterocycles. The lowest BCUT2D eigenvalue weighted by atomic mass is 10.0. The number of benzene rings is 1. The van der Waals surface area contributed by atoms with Gasteiger partial charge in [0.2, 0.25) is 0 Å². The summed E-state index contributed by atoms with van der Waals surface area (Å²) in [5.74, 6) is 5.80. The molecule has 4 N–H and O–H groups in total. The maximum Gasteiger partial charge on any atom is 0.350 e. The van der Waals surface area contributed by atoms with Gasteiger partial charge < -0.3 is 21.2 Å². The maximum absolute atomic E-state index is 14.4. The van der Waals surface area contributed by atoms with Gasteiger partial charge in [0.1, 0.15) is 11.7 Å². The van der Waals surface area contributed by atoms with Crippen molar-refractivity contribution in [1.82, 2.24) is 9.24 Å². The molecule has 3 atom stereocenters. The number of methoxy groups -OCH3 is 1. The minimum absolute atomic E-state index is 0.0103. The normalized spacial score (nSPS) is 23.8. The number of anilines is 1. The van der Waals surface area contributed by atoms with E-state index >= 15 is 0 Å². The van der Waals surface area contributed by atoms with E-state index in [1.165, 1.54) is 11.7 Å². The summed E-state index contributed by atoms with van der Waals surface area (Å²) < 4.78 is 22.2. The molecule has 0 amide bonds. The Labute approximate surface area is 155 Å². The summed E-state index contributed by atoms with van der Waals surface area (Å²) in [4.78, 5) is 27.0. The molecule has 4 rings (SSSR count). The first-order valence-corrected chi connectivity index (χ1v) is 9.13. The number of hydrogen-bond donors (Lipinski definition) is 2. The molecule has 2 aliphatic rings.